The van der Waals surface area contributed by atoms with E-state index in [2.05, 4.69) is 16.0 Å². The molecule has 2 aromatic heterocycles. The first-order valence-electron chi connectivity index (χ1n) is 4.69. The Balaban J connectivity index is 2.32. The Kier molecular flexibility index (Phi) is 2.63. The number of aromatic nitrogens is 2. The first kappa shape index (κ1) is 9.65. The third-order valence-electron chi connectivity index (χ3n) is 2.07. The molecule has 1 radical (unpaired) electrons. The molecule has 0 unspecified atom stereocenters. The number of pyridine rings is 2. The molecule has 0 aliphatic rings. The lowest BCUT2D eigenvalue weighted by Gasteiger charge is -2.09. The van der Waals surface area contributed by atoms with Crippen LogP contribution in [0.2, 0.25) is 0 Å². The second-order valence-electron chi connectivity index (χ2n) is 3.24. The lowest BCUT2D eigenvalue weighted by atomic mass is 10.2. The molecular weight excluding hydrogens is 188 g/mol. The van der Waals surface area contributed by atoms with Gasteiger partial charge in [0.25, 0.3) is 0 Å². The highest BCUT2D eigenvalue weighted by Crippen LogP contribution is 2.25. The SMILES string of the molecule is Cc1ccnc(C)c1Oc1cc[c]cn1. The summed E-state index contributed by atoms with van der Waals surface area (Å²) in [7, 11) is 0. The van der Waals surface area contributed by atoms with Crippen molar-refractivity contribution in [3.05, 3.63) is 47.9 Å². The van der Waals surface area contributed by atoms with Crippen molar-refractivity contribution in [2.24, 2.45) is 0 Å². The van der Waals surface area contributed by atoms with Gasteiger partial charge in [-0.25, -0.2) is 4.98 Å². The first-order valence-corrected chi connectivity index (χ1v) is 4.69. The zero-order valence-corrected chi connectivity index (χ0v) is 8.69. The van der Waals surface area contributed by atoms with E-state index in [1.54, 1.807) is 24.5 Å². The summed E-state index contributed by atoms with van der Waals surface area (Å²) in [5.41, 5.74) is 1.92. The molecule has 15 heavy (non-hydrogen) atoms. The Morgan fingerprint density at radius 2 is 2.07 bits per heavy atom. The zero-order valence-electron chi connectivity index (χ0n) is 8.69. The molecule has 3 nitrogen and oxygen atoms in total. The van der Waals surface area contributed by atoms with Gasteiger partial charge >= 0.3 is 0 Å². The van der Waals surface area contributed by atoms with Crippen molar-refractivity contribution in [1.82, 2.24) is 9.97 Å². The third kappa shape index (κ3) is 2.13. The van der Waals surface area contributed by atoms with Gasteiger partial charge in [0.1, 0.15) is 0 Å². The van der Waals surface area contributed by atoms with Gasteiger partial charge in [0.05, 0.1) is 5.69 Å². The molecule has 2 heterocycles. The number of ether oxygens (including phenoxy) is 1. The Bertz CT molecular complexity index is 434. The van der Waals surface area contributed by atoms with Gasteiger partial charge in [0, 0.05) is 24.5 Å². The van der Waals surface area contributed by atoms with Crippen LogP contribution in [-0.2, 0) is 0 Å². The standard InChI is InChI=1S/C12H11N2O/c1-9-6-8-13-10(2)12(9)15-11-5-3-4-7-14-11/h3,5-8H,1-2H3. The fraction of sp³-hybridized carbons (Fsp3) is 0.167. The van der Waals surface area contributed by atoms with E-state index in [1.807, 2.05) is 19.9 Å². The van der Waals surface area contributed by atoms with Crippen molar-refractivity contribution >= 4 is 0 Å². The molecule has 2 aromatic rings. The Morgan fingerprint density at radius 1 is 1.20 bits per heavy atom. The summed E-state index contributed by atoms with van der Waals surface area (Å²) in [6.07, 6.45) is 3.35. The predicted octanol–water partition coefficient (Wildman–Crippen LogP) is 2.69. The van der Waals surface area contributed by atoms with Gasteiger partial charge in [-0.05, 0) is 31.5 Å². The average molecular weight is 199 g/mol. The molecule has 0 aliphatic heterocycles. The highest BCUT2D eigenvalue weighted by Gasteiger charge is 2.05. The normalized spacial score (nSPS) is 10.0. The quantitative estimate of drug-likeness (QED) is 0.745. The van der Waals surface area contributed by atoms with Crippen molar-refractivity contribution < 1.29 is 4.74 Å². The topological polar surface area (TPSA) is 35.0 Å². The largest absolute Gasteiger partial charge is 0.437 e. The van der Waals surface area contributed by atoms with Crippen molar-refractivity contribution in [3.63, 3.8) is 0 Å². The minimum Gasteiger partial charge on any atom is -0.437 e. The average Bonchev–Trinajstić information content (AvgIpc) is 2.25. The third-order valence-corrected chi connectivity index (χ3v) is 2.07. The monoisotopic (exact) mass is 199 g/mol. The molecule has 0 fully saturated rings. The molecule has 0 amide bonds. The maximum absolute atomic E-state index is 5.65. The molecular formula is C12H11N2O. The van der Waals surface area contributed by atoms with Crippen LogP contribution >= 0.6 is 0 Å². The first-order chi connectivity index (χ1) is 7.27. The highest BCUT2D eigenvalue weighted by atomic mass is 16.5. The molecule has 2 rings (SSSR count). The van der Waals surface area contributed by atoms with Crippen LogP contribution in [0.1, 0.15) is 11.3 Å². The highest BCUT2D eigenvalue weighted by molar-refractivity contribution is 5.37. The fourth-order valence-corrected chi connectivity index (χ4v) is 1.31. The molecule has 0 saturated carbocycles. The van der Waals surface area contributed by atoms with Crippen molar-refractivity contribution in [3.8, 4) is 11.6 Å². The van der Waals surface area contributed by atoms with Crippen LogP contribution in [0.5, 0.6) is 11.6 Å². The lowest BCUT2D eigenvalue weighted by molar-refractivity contribution is 0.453. The molecule has 0 aliphatic carbocycles. The molecule has 0 spiro atoms. The summed E-state index contributed by atoms with van der Waals surface area (Å²) in [4.78, 5) is 8.23. The van der Waals surface area contributed by atoms with Gasteiger partial charge in [-0.15, -0.1) is 0 Å². The van der Waals surface area contributed by atoms with Crippen LogP contribution < -0.4 is 4.74 Å². The number of hydrogen-bond donors (Lipinski definition) is 0. The Labute approximate surface area is 88.8 Å². The summed E-state index contributed by atoms with van der Waals surface area (Å²) in [6.45, 7) is 3.90. The molecule has 0 N–H and O–H groups in total. The summed E-state index contributed by atoms with van der Waals surface area (Å²) in [5, 5.41) is 0. The summed E-state index contributed by atoms with van der Waals surface area (Å²) in [5.74, 6) is 1.34. The van der Waals surface area contributed by atoms with Crippen LogP contribution in [-0.4, -0.2) is 9.97 Å². The Morgan fingerprint density at radius 3 is 2.73 bits per heavy atom. The number of rotatable bonds is 2. The minimum absolute atomic E-state index is 0.563. The van der Waals surface area contributed by atoms with Gasteiger partial charge in [-0.2, -0.15) is 0 Å². The smallest absolute Gasteiger partial charge is 0.219 e. The minimum atomic E-state index is 0.563. The summed E-state index contributed by atoms with van der Waals surface area (Å²) >= 11 is 0. The van der Waals surface area contributed by atoms with E-state index in [9.17, 15) is 0 Å². The number of nitrogens with zero attached hydrogens (tertiary/aromatic N) is 2. The number of aryl methyl sites for hydroxylation is 2. The van der Waals surface area contributed by atoms with E-state index < -0.39 is 0 Å². The van der Waals surface area contributed by atoms with Crippen LogP contribution in [0.15, 0.2) is 30.6 Å². The molecule has 75 valence electrons. The van der Waals surface area contributed by atoms with Gasteiger partial charge in [-0.3, -0.25) is 4.98 Å². The van der Waals surface area contributed by atoms with Gasteiger partial charge in [0.2, 0.25) is 5.88 Å². The van der Waals surface area contributed by atoms with E-state index >= 15 is 0 Å². The van der Waals surface area contributed by atoms with E-state index in [1.165, 1.54) is 0 Å². The van der Waals surface area contributed by atoms with E-state index in [0.29, 0.717) is 5.88 Å². The van der Waals surface area contributed by atoms with E-state index in [4.69, 9.17) is 4.74 Å². The molecule has 0 atom stereocenters. The number of hydrogen-bond acceptors (Lipinski definition) is 3. The van der Waals surface area contributed by atoms with Gasteiger partial charge in [-0.1, -0.05) is 0 Å². The second-order valence-corrected chi connectivity index (χ2v) is 3.24. The predicted molar refractivity (Wildman–Crippen MR) is 56.9 cm³/mol. The van der Waals surface area contributed by atoms with Crippen LogP contribution in [0.3, 0.4) is 0 Å². The van der Waals surface area contributed by atoms with Gasteiger partial charge in [0.15, 0.2) is 5.75 Å². The maximum Gasteiger partial charge on any atom is 0.219 e. The van der Waals surface area contributed by atoms with Gasteiger partial charge < -0.3 is 4.74 Å². The van der Waals surface area contributed by atoms with Crippen LogP contribution in [0, 0.1) is 19.9 Å². The second kappa shape index (κ2) is 4.09. The van der Waals surface area contributed by atoms with Crippen LogP contribution in [0.4, 0.5) is 0 Å². The van der Waals surface area contributed by atoms with E-state index in [0.717, 1.165) is 17.0 Å². The molecule has 0 aromatic carbocycles. The summed E-state index contributed by atoms with van der Waals surface area (Å²) < 4.78 is 5.65. The molecule has 3 heteroatoms. The molecule has 0 saturated heterocycles. The molecule has 0 bridgehead atoms. The Hall–Kier alpha value is -1.90. The zero-order chi connectivity index (χ0) is 10.7. The van der Waals surface area contributed by atoms with Crippen molar-refractivity contribution in [1.29, 1.82) is 0 Å². The van der Waals surface area contributed by atoms with E-state index in [-0.39, 0.29) is 0 Å². The maximum atomic E-state index is 5.65. The van der Waals surface area contributed by atoms with Crippen molar-refractivity contribution in [2.75, 3.05) is 0 Å². The van der Waals surface area contributed by atoms with Crippen molar-refractivity contribution in [2.45, 2.75) is 13.8 Å². The summed E-state index contributed by atoms with van der Waals surface area (Å²) in [6, 6.07) is 8.29. The van der Waals surface area contributed by atoms with Crippen LogP contribution in [0.25, 0.3) is 0 Å². The lowest BCUT2D eigenvalue weighted by Crippen LogP contribution is -1.94. The fourth-order valence-electron chi connectivity index (χ4n) is 1.31.